The number of benzene rings is 1. The zero-order valence-electron chi connectivity index (χ0n) is 12.4. The molecule has 0 spiro atoms. The summed E-state index contributed by atoms with van der Waals surface area (Å²) in [5.74, 6) is 0. The van der Waals surface area contributed by atoms with Crippen LogP contribution in [0.15, 0.2) is 23.1 Å². The summed E-state index contributed by atoms with van der Waals surface area (Å²) in [4.78, 5) is 1.72. The molecule has 3 rings (SSSR count). The van der Waals surface area contributed by atoms with E-state index in [1.165, 1.54) is 30.6 Å². The van der Waals surface area contributed by atoms with E-state index in [9.17, 15) is 8.42 Å². The van der Waals surface area contributed by atoms with E-state index in [0.717, 1.165) is 31.4 Å². The maximum atomic E-state index is 12.5. The minimum absolute atomic E-state index is 0.226. The van der Waals surface area contributed by atoms with Crippen LogP contribution < -0.4 is 9.62 Å². The van der Waals surface area contributed by atoms with Crippen LogP contribution in [-0.2, 0) is 10.0 Å². The molecule has 1 saturated heterocycles. The minimum Gasteiger partial charge on any atom is -0.334 e. The molecule has 1 aliphatic rings. The first-order valence-electron chi connectivity index (χ1n) is 7.71. The van der Waals surface area contributed by atoms with E-state index >= 15 is 0 Å². The first kappa shape index (κ1) is 15.8. The molecule has 0 unspecified atom stereocenters. The lowest BCUT2D eigenvalue weighted by Gasteiger charge is -2.17. The Balaban J connectivity index is 1.65. The molecule has 0 amide bonds. The van der Waals surface area contributed by atoms with Crippen molar-refractivity contribution in [2.45, 2.75) is 30.6 Å². The van der Waals surface area contributed by atoms with Gasteiger partial charge < -0.3 is 4.90 Å². The molecule has 2 heterocycles. The van der Waals surface area contributed by atoms with Crippen LogP contribution >= 0.6 is 11.7 Å². The molecule has 6 nitrogen and oxygen atoms in total. The lowest BCUT2D eigenvalue weighted by atomic mass is 10.2. The fraction of sp³-hybridized carbons (Fsp3) is 0.571. The van der Waals surface area contributed by atoms with Gasteiger partial charge >= 0.3 is 0 Å². The lowest BCUT2D eigenvalue weighted by molar-refractivity contribution is -0.898. The van der Waals surface area contributed by atoms with E-state index in [1.807, 2.05) is 0 Å². The van der Waals surface area contributed by atoms with Gasteiger partial charge in [-0.3, -0.25) is 0 Å². The molecule has 120 valence electrons. The second kappa shape index (κ2) is 6.99. The molecule has 0 bridgehead atoms. The predicted octanol–water partition coefficient (Wildman–Crippen LogP) is 0.428. The standard InChI is InChI=1S/C14H20N4O2S2/c19-22(20,13-7-5-6-12-14(13)17-21-16-12)15-8-11-18-9-3-1-2-4-10-18/h5-7,15H,1-4,8-11H2/p+1. The van der Waals surface area contributed by atoms with E-state index in [0.29, 0.717) is 17.6 Å². The van der Waals surface area contributed by atoms with Gasteiger partial charge in [0.25, 0.3) is 0 Å². The molecule has 0 aliphatic carbocycles. The van der Waals surface area contributed by atoms with Crippen LogP contribution in [0.3, 0.4) is 0 Å². The number of hydrogen-bond acceptors (Lipinski definition) is 5. The van der Waals surface area contributed by atoms with Gasteiger partial charge in [-0.1, -0.05) is 6.07 Å². The summed E-state index contributed by atoms with van der Waals surface area (Å²) in [5, 5.41) is 0. The maximum absolute atomic E-state index is 12.5. The molecule has 2 N–H and O–H groups in total. The van der Waals surface area contributed by atoms with Crippen molar-refractivity contribution >= 4 is 32.8 Å². The molecule has 1 aliphatic heterocycles. The number of hydrogen-bond donors (Lipinski definition) is 2. The van der Waals surface area contributed by atoms with Crippen LogP contribution in [0.4, 0.5) is 0 Å². The van der Waals surface area contributed by atoms with Gasteiger partial charge in [0.1, 0.15) is 15.9 Å². The number of nitrogens with zero attached hydrogens (tertiary/aromatic N) is 2. The molecule has 0 radical (unpaired) electrons. The van der Waals surface area contributed by atoms with Crippen LogP contribution in [0.1, 0.15) is 25.7 Å². The predicted molar refractivity (Wildman–Crippen MR) is 86.6 cm³/mol. The van der Waals surface area contributed by atoms with Crippen molar-refractivity contribution in [3.63, 3.8) is 0 Å². The summed E-state index contributed by atoms with van der Waals surface area (Å²) in [6, 6.07) is 5.07. The Morgan fingerprint density at radius 1 is 1.14 bits per heavy atom. The van der Waals surface area contributed by atoms with Crippen LogP contribution in [0, 0.1) is 0 Å². The largest absolute Gasteiger partial charge is 0.334 e. The van der Waals surface area contributed by atoms with E-state index in [2.05, 4.69) is 13.5 Å². The smallest absolute Gasteiger partial charge is 0.243 e. The molecular formula is C14H21N4O2S2+. The number of rotatable bonds is 5. The number of fused-ring (bicyclic) bond motifs is 1. The molecule has 0 atom stereocenters. The third kappa shape index (κ3) is 3.62. The highest BCUT2D eigenvalue weighted by Crippen LogP contribution is 2.20. The Kier molecular flexibility index (Phi) is 5.02. The Morgan fingerprint density at radius 2 is 1.91 bits per heavy atom. The van der Waals surface area contributed by atoms with Gasteiger partial charge in [0.05, 0.1) is 37.9 Å². The SMILES string of the molecule is O=S(=O)(NCC[NH+]1CCCCCC1)c1cccc2nsnc12. The Morgan fingerprint density at radius 3 is 2.68 bits per heavy atom. The molecule has 8 heteroatoms. The van der Waals surface area contributed by atoms with Crippen molar-refractivity contribution in [2.75, 3.05) is 26.2 Å². The number of nitrogens with one attached hydrogen (secondary N) is 2. The highest BCUT2D eigenvalue weighted by molar-refractivity contribution is 7.89. The second-order valence-electron chi connectivity index (χ2n) is 5.70. The highest BCUT2D eigenvalue weighted by atomic mass is 32.2. The normalized spacial score (nSPS) is 17.6. The molecular weight excluding hydrogens is 320 g/mol. The average molecular weight is 341 g/mol. The summed E-state index contributed by atoms with van der Waals surface area (Å²) >= 11 is 1.04. The fourth-order valence-electron chi connectivity index (χ4n) is 2.92. The van der Waals surface area contributed by atoms with E-state index in [4.69, 9.17) is 0 Å². The van der Waals surface area contributed by atoms with Crippen LogP contribution in [0.25, 0.3) is 11.0 Å². The van der Waals surface area contributed by atoms with E-state index < -0.39 is 10.0 Å². The quantitative estimate of drug-likeness (QED) is 0.827. The monoisotopic (exact) mass is 341 g/mol. The van der Waals surface area contributed by atoms with Gasteiger partial charge in [0.15, 0.2) is 0 Å². The first-order valence-corrected chi connectivity index (χ1v) is 9.93. The maximum Gasteiger partial charge on any atom is 0.243 e. The Bertz CT molecular complexity index is 721. The van der Waals surface area contributed by atoms with Crippen molar-refractivity contribution in [1.82, 2.24) is 13.5 Å². The molecule has 22 heavy (non-hydrogen) atoms. The lowest BCUT2D eigenvalue weighted by Crippen LogP contribution is -3.12. The van der Waals surface area contributed by atoms with Crippen LogP contribution in [0.5, 0.6) is 0 Å². The van der Waals surface area contributed by atoms with E-state index in [-0.39, 0.29) is 4.90 Å². The number of quaternary nitrogens is 1. The molecule has 2 aromatic rings. The van der Waals surface area contributed by atoms with E-state index in [1.54, 1.807) is 18.2 Å². The fourth-order valence-corrected chi connectivity index (χ4v) is 4.71. The third-order valence-electron chi connectivity index (χ3n) is 4.12. The first-order chi connectivity index (χ1) is 10.7. The summed E-state index contributed by atoms with van der Waals surface area (Å²) in [5.41, 5.74) is 1.09. The van der Waals surface area contributed by atoms with Crippen molar-refractivity contribution in [3.05, 3.63) is 18.2 Å². The highest BCUT2D eigenvalue weighted by Gasteiger charge is 2.20. The Hall–Kier alpha value is -1.09. The molecule has 1 aromatic heterocycles. The summed E-state index contributed by atoms with van der Waals surface area (Å²) < 4.78 is 35.8. The van der Waals surface area contributed by atoms with Gasteiger partial charge in [-0.15, -0.1) is 0 Å². The topological polar surface area (TPSA) is 76.4 Å². The number of likely N-dealkylation sites (tertiary alicyclic amines) is 1. The van der Waals surface area contributed by atoms with Crippen LogP contribution in [0.2, 0.25) is 0 Å². The van der Waals surface area contributed by atoms with Crippen LogP contribution in [-0.4, -0.2) is 43.3 Å². The summed E-state index contributed by atoms with van der Waals surface area (Å²) in [6.45, 7) is 3.59. The number of aromatic nitrogens is 2. The van der Waals surface area contributed by atoms with Gasteiger partial charge in [-0.2, -0.15) is 8.75 Å². The average Bonchev–Trinajstić information content (AvgIpc) is 2.83. The molecule has 1 aromatic carbocycles. The minimum atomic E-state index is -3.53. The molecule has 0 saturated carbocycles. The van der Waals surface area contributed by atoms with Crippen molar-refractivity contribution < 1.29 is 13.3 Å². The van der Waals surface area contributed by atoms with Gasteiger partial charge in [-0.25, -0.2) is 13.1 Å². The number of sulfonamides is 1. The van der Waals surface area contributed by atoms with Gasteiger partial charge in [-0.05, 0) is 37.8 Å². The third-order valence-corrected chi connectivity index (χ3v) is 6.15. The zero-order valence-corrected chi connectivity index (χ0v) is 14.0. The Labute approximate surface area is 134 Å². The van der Waals surface area contributed by atoms with Crippen molar-refractivity contribution in [1.29, 1.82) is 0 Å². The molecule has 1 fully saturated rings. The zero-order chi connectivity index (χ0) is 15.4. The van der Waals surface area contributed by atoms with Crippen molar-refractivity contribution in [3.8, 4) is 0 Å². The van der Waals surface area contributed by atoms with Crippen molar-refractivity contribution in [2.24, 2.45) is 0 Å². The summed E-state index contributed by atoms with van der Waals surface area (Å²) in [6.07, 6.45) is 5.08. The summed E-state index contributed by atoms with van der Waals surface area (Å²) in [7, 11) is -3.53. The van der Waals surface area contributed by atoms with Gasteiger partial charge in [0, 0.05) is 0 Å². The second-order valence-corrected chi connectivity index (χ2v) is 7.96. The van der Waals surface area contributed by atoms with Gasteiger partial charge in [0.2, 0.25) is 10.0 Å².